The molecule has 13 heteroatoms. The van der Waals surface area contributed by atoms with Gasteiger partial charge in [-0.1, -0.05) is 6.07 Å². The number of hydrogen-bond donors (Lipinski definition) is 2. The molecule has 43 heavy (non-hydrogen) atoms. The summed E-state index contributed by atoms with van der Waals surface area (Å²) in [5.74, 6) is -1.60. The number of benzene rings is 1. The first kappa shape index (κ1) is 28.6. The number of nitrogens with zero attached hydrogens (tertiary/aromatic N) is 4. The summed E-state index contributed by atoms with van der Waals surface area (Å²) in [6, 6.07) is 6.59. The summed E-state index contributed by atoms with van der Waals surface area (Å²) >= 11 is 0. The molecule has 0 radical (unpaired) electrons. The van der Waals surface area contributed by atoms with Crippen molar-refractivity contribution >= 4 is 35.0 Å². The standard InChI is InChI=1S/C30H33FN6O6/c1-3-36-21-12-18(4-5-23(21)43-16-24(36)38)14-32-26(39)20-13-22(37-25(35-20)19(31)15-34-37)27(40)33-17-29-6-9-30(10-7-29,11-8-29)28(41)42-2/h4-5,12-13,15H,3,6-11,14,16-17H2,1-2H3,(H,32,39)(H,33,40). The Morgan fingerprint density at radius 1 is 1.07 bits per heavy atom. The van der Waals surface area contributed by atoms with Gasteiger partial charge >= 0.3 is 5.97 Å². The highest BCUT2D eigenvalue weighted by Crippen LogP contribution is 2.57. The summed E-state index contributed by atoms with van der Waals surface area (Å²) in [4.78, 5) is 56.9. The first-order valence-electron chi connectivity index (χ1n) is 14.4. The van der Waals surface area contributed by atoms with Crippen molar-refractivity contribution in [1.29, 1.82) is 0 Å². The van der Waals surface area contributed by atoms with E-state index in [1.54, 1.807) is 23.1 Å². The van der Waals surface area contributed by atoms with Crippen LogP contribution in [0, 0.1) is 16.6 Å². The highest BCUT2D eigenvalue weighted by Gasteiger charge is 2.53. The maximum Gasteiger partial charge on any atom is 0.311 e. The van der Waals surface area contributed by atoms with Crippen molar-refractivity contribution in [3.63, 3.8) is 0 Å². The number of amides is 3. The van der Waals surface area contributed by atoms with Crippen LogP contribution in [0.25, 0.3) is 5.65 Å². The molecular formula is C30H33FN6O6. The van der Waals surface area contributed by atoms with Gasteiger partial charge in [0.2, 0.25) is 0 Å². The first-order chi connectivity index (χ1) is 20.7. The highest BCUT2D eigenvalue weighted by molar-refractivity contribution is 5.99. The fraction of sp³-hybridized carbons (Fsp3) is 0.467. The third-order valence-electron chi connectivity index (χ3n) is 9.27. The Hall–Kier alpha value is -4.55. The van der Waals surface area contributed by atoms with E-state index in [4.69, 9.17) is 9.47 Å². The Morgan fingerprint density at radius 3 is 2.51 bits per heavy atom. The first-order valence-corrected chi connectivity index (χ1v) is 14.4. The smallest absolute Gasteiger partial charge is 0.311 e. The van der Waals surface area contributed by atoms with Crippen molar-refractivity contribution in [2.45, 2.75) is 52.0 Å². The number of carbonyl (C=O) groups is 4. The van der Waals surface area contributed by atoms with Crippen LogP contribution < -0.4 is 20.3 Å². The third-order valence-corrected chi connectivity index (χ3v) is 9.27. The van der Waals surface area contributed by atoms with Crippen molar-refractivity contribution < 1.29 is 33.0 Å². The Balaban J connectivity index is 1.16. The normalized spacial score (nSPS) is 22.6. The molecule has 3 aromatic rings. The molecule has 7 rings (SSSR count). The maximum atomic E-state index is 14.6. The van der Waals surface area contributed by atoms with Gasteiger partial charge in [0.1, 0.15) is 17.1 Å². The second-order valence-corrected chi connectivity index (χ2v) is 11.6. The number of esters is 1. The molecule has 3 saturated carbocycles. The molecule has 4 aliphatic rings. The average molecular weight is 593 g/mol. The molecule has 3 heterocycles. The number of fused-ring (bicyclic) bond motifs is 5. The summed E-state index contributed by atoms with van der Waals surface area (Å²) in [5, 5.41) is 9.69. The Morgan fingerprint density at radius 2 is 1.81 bits per heavy atom. The Labute approximate surface area is 246 Å². The third kappa shape index (κ3) is 5.06. The molecule has 2 bridgehead atoms. The second kappa shape index (κ2) is 10.9. The van der Waals surface area contributed by atoms with Crippen LogP contribution in [0.3, 0.4) is 0 Å². The van der Waals surface area contributed by atoms with Gasteiger partial charge in [-0.2, -0.15) is 5.10 Å². The lowest BCUT2D eigenvalue weighted by atomic mass is 9.53. The predicted molar refractivity (Wildman–Crippen MR) is 151 cm³/mol. The van der Waals surface area contributed by atoms with Crippen molar-refractivity contribution in [3.05, 3.63) is 53.2 Å². The SMILES string of the molecule is CCN1C(=O)COc2ccc(CNC(=O)c3cc(C(=O)NCC45CCC(C(=O)OC)(CC4)CC5)n4ncc(F)c4n3)cc21. The Kier molecular flexibility index (Phi) is 7.26. The second-order valence-electron chi connectivity index (χ2n) is 11.6. The van der Waals surface area contributed by atoms with E-state index in [0.717, 1.165) is 30.0 Å². The van der Waals surface area contributed by atoms with Gasteiger partial charge in [-0.25, -0.2) is 13.9 Å². The summed E-state index contributed by atoms with van der Waals surface area (Å²) in [6.07, 6.45) is 5.46. The van der Waals surface area contributed by atoms with E-state index in [0.29, 0.717) is 49.4 Å². The van der Waals surface area contributed by atoms with Crippen LogP contribution in [0.5, 0.6) is 5.75 Å². The zero-order chi connectivity index (χ0) is 30.4. The molecule has 0 unspecified atom stereocenters. The number of halogens is 1. The fourth-order valence-corrected chi connectivity index (χ4v) is 6.60. The molecule has 0 atom stereocenters. The lowest BCUT2D eigenvalue weighted by Crippen LogP contribution is -2.50. The molecule has 3 fully saturated rings. The van der Waals surface area contributed by atoms with Crippen LogP contribution in [0.15, 0.2) is 30.5 Å². The van der Waals surface area contributed by atoms with Crippen LogP contribution in [0.2, 0.25) is 0 Å². The van der Waals surface area contributed by atoms with Gasteiger partial charge in [0.15, 0.2) is 18.1 Å². The van der Waals surface area contributed by atoms with E-state index in [1.165, 1.54) is 13.2 Å². The average Bonchev–Trinajstić information content (AvgIpc) is 3.42. The van der Waals surface area contributed by atoms with E-state index in [1.807, 2.05) is 6.92 Å². The van der Waals surface area contributed by atoms with Crippen molar-refractivity contribution in [2.75, 3.05) is 31.7 Å². The number of hydrogen-bond acceptors (Lipinski definition) is 8. The molecule has 0 saturated heterocycles. The molecule has 3 aliphatic carbocycles. The van der Waals surface area contributed by atoms with Crippen molar-refractivity contribution in [3.8, 4) is 5.75 Å². The van der Waals surface area contributed by atoms with E-state index < -0.39 is 23.0 Å². The molecule has 1 aliphatic heterocycles. The number of methoxy groups -OCH3 is 1. The van der Waals surface area contributed by atoms with E-state index in [9.17, 15) is 23.6 Å². The van der Waals surface area contributed by atoms with Crippen LogP contribution in [-0.4, -0.2) is 65.1 Å². The molecule has 2 N–H and O–H groups in total. The molecule has 1 aromatic carbocycles. The van der Waals surface area contributed by atoms with Crippen LogP contribution in [0.1, 0.15) is 72.0 Å². The quantitative estimate of drug-likeness (QED) is 0.380. The predicted octanol–water partition coefficient (Wildman–Crippen LogP) is 2.79. The molecule has 226 valence electrons. The number of anilines is 1. The number of rotatable bonds is 8. The summed E-state index contributed by atoms with van der Waals surface area (Å²) < 4.78 is 26.2. The lowest BCUT2D eigenvalue weighted by molar-refractivity contribution is -0.162. The fourth-order valence-electron chi connectivity index (χ4n) is 6.60. The number of aromatic nitrogens is 3. The maximum absolute atomic E-state index is 14.6. The number of likely N-dealkylation sites (N-methyl/N-ethyl adjacent to an activating group) is 1. The Bertz CT molecular complexity index is 1610. The van der Waals surface area contributed by atoms with E-state index in [2.05, 4.69) is 20.7 Å². The molecule has 0 spiro atoms. The van der Waals surface area contributed by atoms with Crippen molar-refractivity contribution in [1.82, 2.24) is 25.2 Å². The number of nitrogens with one attached hydrogen (secondary N) is 2. The lowest BCUT2D eigenvalue weighted by Gasteiger charge is -2.51. The van der Waals surface area contributed by atoms with Gasteiger partial charge in [0.25, 0.3) is 17.7 Å². The van der Waals surface area contributed by atoms with Crippen LogP contribution >= 0.6 is 0 Å². The zero-order valence-corrected chi connectivity index (χ0v) is 24.1. The molecule has 12 nitrogen and oxygen atoms in total. The zero-order valence-electron chi connectivity index (χ0n) is 24.1. The molecule has 2 aromatic heterocycles. The minimum absolute atomic E-state index is 0.0194. The summed E-state index contributed by atoms with van der Waals surface area (Å²) in [5.41, 5.74) is 0.383. The monoisotopic (exact) mass is 592 g/mol. The van der Waals surface area contributed by atoms with E-state index >= 15 is 0 Å². The molecular weight excluding hydrogens is 559 g/mol. The van der Waals surface area contributed by atoms with Crippen molar-refractivity contribution in [2.24, 2.45) is 10.8 Å². The minimum Gasteiger partial charge on any atom is -0.482 e. The number of carbonyl (C=O) groups excluding carboxylic acids is 4. The van der Waals surface area contributed by atoms with Gasteiger partial charge in [-0.15, -0.1) is 0 Å². The largest absolute Gasteiger partial charge is 0.482 e. The van der Waals surface area contributed by atoms with Gasteiger partial charge in [0, 0.05) is 25.7 Å². The molecule has 3 amide bonds. The van der Waals surface area contributed by atoms with Gasteiger partial charge in [-0.3, -0.25) is 19.2 Å². The van der Waals surface area contributed by atoms with Gasteiger partial charge in [-0.05, 0) is 68.6 Å². The highest BCUT2D eigenvalue weighted by atomic mass is 19.1. The summed E-state index contributed by atoms with van der Waals surface area (Å²) in [7, 11) is 1.42. The van der Waals surface area contributed by atoms with Crippen LogP contribution in [0.4, 0.5) is 10.1 Å². The van der Waals surface area contributed by atoms with Crippen LogP contribution in [-0.2, 0) is 20.9 Å². The summed E-state index contributed by atoms with van der Waals surface area (Å²) in [6.45, 7) is 2.81. The number of ether oxygens (including phenoxy) is 2. The minimum atomic E-state index is -0.764. The topological polar surface area (TPSA) is 144 Å². The van der Waals surface area contributed by atoms with E-state index in [-0.39, 0.29) is 47.5 Å². The van der Waals surface area contributed by atoms with Gasteiger partial charge < -0.3 is 25.0 Å². The van der Waals surface area contributed by atoms with Gasteiger partial charge in [0.05, 0.1) is 24.4 Å².